The maximum Gasteiger partial charge on any atom is 0.338 e. The molecule has 6 nitrogen and oxygen atoms in total. The number of esters is 1. The highest BCUT2D eigenvalue weighted by Crippen LogP contribution is 2.35. The van der Waals surface area contributed by atoms with Crippen LogP contribution in [0.25, 0.3) is 0 Å². The third-order valence-electron chi connectivity index (χ3n) is 3.59. The number of nitrogens with one attached hydrogen (secondary N) is 2. The van der Waals surface area contributed by atoms with Crippen LogP contribution in [0.4, 0.5) is 4.79 Å². The fraction of sp³-hybridized carbons (Fsp3) is 0.294. The second-order valence-corrected chi connectivity index (χ2v) is 5.14. The topological polar surface area (TPSA) is 87.7 Å². The summed E-state index contributed by atoms with van der Waals surface area (Å²) in [6.45, 7) is 7.21. The van der Waals surface area contributed by atoms with Gasteiger partial charge in [-0.05, 0) is 25.8 Å². The lowest BCUT2D eigenvalue weighted by molar-refractivity contribution is -0.139. The molecule has 0 aliphatic carbocycles. The summed E-state index contributed by atoms with van der Waals surface area (Å²) in [5.74, 6) is -0.495. The van der Waals surface area contributed by atoms with Gasteiger partial charge in [0.15, 0.2) is 0 Å². The summed E-state index contributed by atoms with van der Waals surface area (Å²) in [6, 6.07) is 4.00. The number of benzene rings is 1. The SMILES string of the molecule is C=CCc1cccc(C2NC(=O)NC(C)=C2C(=O)OCC)c1O. The Balaban J connectivity index is 2.52. The van der Waals surface area contributed by atoms with E-state index in [4.69, 9.17) is 4.74 Å². The number of hydrogen-bond acceptors (Lipinski definition) is 4. The van der Waals surface area contributed by atoms with Gasteiger partial charge in [0.1, 0.15) is 5.75 Å². The zero-order valence-electron chi connectivity index (χ0n) is 13.2. The van der Waals surface area contributed by atoms with Crippen molar-refractivity contribution in [3.05, 3.63) is 53.3 Å². The zero-order chi connectivity index (χ0) is 17.0. The molecule has 0 saturated heterocycles. The van der Waals surface area contributed by atoms with E-state index in [1.807, 2.05) is 0 Å². The smallest absolute Gasteiger partial charge is 0.338 e. The number of carbonyl (C=O) groups excluding carboxylic acids is 2. The minimum Gasteiger partial charge on any atom is -0.507 e. The Kier molecular flexibility index (Phi) is 5.05. The van der Waals surface area contributed by atoms with Gasteiger partial charge in [0.05, 0.1) is 18.2 Å². The summed E-state index contributed by atoms with van der Waals surface area (Å²) in [5.41, 5.74) is 1.80. The van der Waals surface area contributed by atoms with Gasteiger partial charge in [0, 0.05) is 11.3 Å². The number of rotatable bonds is 5. The monoisotopic (exact) mass is 316 g/mol. The highest BCUT2D eigenvalue weighted by Gasteiger charge is 2.33. The molecule has 0 saturated carbocycles. The molecule has 0 spiro atoms. The molecule has 0 fully saturated rings. The van der Waals surface area contributed by atoms with Crippen molar-refractivity contribution in [3.63, 3.8) is 0 Å². The van der Waals surface area contributed by atoms with Gasteiger partial charge in [-0.15, -0.1) is 6.58 Å². The lowest BCUT2D eigenvalue weighted by atomic mass is 9.92. The van der Waals surface area contributed by atoms with Crippen LogP contribution in [0.3, 0.4) is 0 Å². The summed E-state index contributed by atoms with van der Waals surface area (Å²) >= 11 is 0. The first kappa shape index (κ1) is 16.6. The van der Waals surface area contributed by atoms with Crippen LogP contribution in [0.1, 0.15) is 31.0 Å². The number of para-hydroxylation sites is 1. The molecule has 1 unspecified atom stereocenters. The van der Waals surface area contributed by atoms with E-state index in [-0.39, 0.29) is 17.9 Å². The third-order valence-corrected chi connectivity index (χ3v) is 3.59. The van der Waals surface area contributed by atoms with Gasteiger partial charge in [0.25, 0.3) is 0 Å². The number of phenols is 1. The number of allylic oxidation sites excluding steroid dienone is 2. The summed E-state index contributed by atoms with van der Waals surface area (Å²) in [6.07, 6.45) is 2.16. The molecule has 0 radical (unpaired) electrons. The molecule has 122 valence electrons. The second-order valence-electron chi connectivity index (χ2n) is 5.14. The van der Waals surface area contributed by atoms with E-state index in [9.17, 15) is 14.7 Å². The number of ether oxygens (including phenoxy) is 1. The van der Waals surface area contributed by atoms with Gasteiger partial charge < -0.3 is 20.5 Å². The van der Waals surface area contributed by atoms with Crippen LogP contribution < -0.4 is 10.6 Å². The molecule has 1 aliphatic rings. The van der Waals surface area contributed by atoms with E-state index in [0.717, 1.165) is 0 Å². The van der Waals surface area contributed by atoms with Crippen LogP contribution in [0.5, 0.6) is 5.75 Å². The first-order valence-corrected chi connectivity index (χ1v) is 7.36. The predicted molar refractivity (Wildman–Crippen MR) is 85.7 cm³/mol. The third kappa shape index (κ3) is 3.36. The van der Waals surface area contributed by atoms with Gasteiger partial charge in [-0.3, -0.25) is 0 Å². The Morgan fingerprint density at radius 3 is 2.87 bits per heavy atom. The van der Waals surface area contributed by atoms with Gasteiger partial charge >= 0.3 is 12.0 Å². The summed E-state index contributed by atoms with van der Waals surface area (Å²) < 4.78 is 5.07. The average Bonchev–Trinajstić information content (AvgIpc) is 2.49. The average molecular weight is 316 g/mol. The maximum absolute atomic E-state index is 12.3. The van der Waals surface area contributed by atoms with Crippen molar-refractivity contribution in [2.45, 2.75) is 26.3 Å². The van der Waals surface area contributed by atoms with Crippen molar-refractivity contribution in [1.29, 1.82) is 0 Å². The lowest BCUT2D eigenvalue weighted by Crippen LogP contribution is -2.45. The molecule has 1 atom stereocenters. The van der Waals surface area contributed by atoms with Crippen molar-refractivity contribution >= 4 is 12.0 Å². The van der Waals surface area contributed by atoms with Gasteiger partial charge in [-0.25, -0.2) is 9.59 Å². The highest BCUT2D eigenvalue weighted by molar-refractivity contribution is 5.95. The maximum atomic E-state index is 12.3. The van der Waals surface area contributed by atoms with Crippen LogP contribution in [0.2, 0.25) is 0 Å². The summed E-state index contributed by atoms with van der Waals surface area (Å²) in [4.78, 5) is 24.1. The molecule has 1 aliphatic heterocycles. The molecule has 0 bridgehead atoms. The van der Waals surface area contributed by atoms with Gasteiger partial charge in [0.2, 0.25) is 0 Å². The van der Waals surface area contributed by atoms with Crippen molar-refractivity contribution in [3.8, 4) is 5.75 Å². The van der Waals surface area contributed by atoms with Crippen LogP contribution in [0, 0.1) is 0 Å². The number of phenolic OH excluding ortho intramolecular Hbond substituents is 1. The molecule has 1 aromatic rings. The van der Waals surface area contributed by atoms with Crippen LogP contribution in [-0.4, -0.2) is 23.7 Å². The molecule has 3 N–H and O–H groups in total. The van der Waals surface area contributed by atoms with Crippen LogP contribution in [-0.2, 0) is 16.0 Å². The van der Waals surface area contributed by atoms with Crippen molar-refractivity contribution < 1.29 is 19.4 Å². The largest absolute Gasteiger partial charge is 0.507 e. The standard InChI is InChI=1S/C17H20N2O4/c1-4-7-11-8-6-9-12(15(11)20)14-13(16(21)23-5-2)10(3)18-17(22)19-14/h4,6,8-9,14,20H,1,5,7H2,2-3H3,(H2,18,19,22). The van der Waals surface area contributed by atoms with E-state index in [0.29, 0.717) is 23.2 Å². The first-order chi connectivity index (χ1) is 11.0. The molecule has 1 aromatic carbocycles. The normalized spacial score (nSPS) is 17.3. The highest BCUT2D eigenvalue weighted by atomic mass is 16.5. The van der Waals surface area contributed by atoms with E-state index in [1.165, 1.54) is 0 Å². The number of hydrogen-bond donors (Lipinski definition) is 3. The zero-order valence-corrected chi connectivity index (χ0v) is 13.2. The number of aromatic hydroxyl groups is 1. The van der Waals surface area contributed by atoms with E-state index >= 15 is 0 Å². The molecule has 6 heteroatoms. The second kappa shape index (κ2) is 7.00. The number of amides is 2. The minimum atomic E-state index is -0.771. The minimum absolute atomic E-state index is 0.0363. The van der Waals surface area contributed by atoms with Gasteiger partial charge in [-0.1, -0.05) is 24.3 Å². The fourth-order valence-corrected chi connectivity index (χ4v) is 2.57. The quantitative estimate of drug-likeness (QED) is 0.574. The first-order valence-electron chi connectivity index (χ1n) is 7.36. The molecular weight excluding hydrogens is 296 g/mol. The molecule has 2 amide bonds. The Labute approximate surface area is 134 Å². The van der Waals surface area contributed by atoms with E-state index < -0.39 is 18.0 Å². The Bertz CT molecular complexity index is 679. The lowest BCUT2D eigenvalue weighted by Gasteiger charge is -2.28. The summed E-state index contributed by atoms with van der Waals surface area (Å²) in [5, 5.41) is 15.7. The molecule has 1 heterocycles. The van der Waals surface area contributed by atoms with Crippen LogP contribution >= 0.6 is 0 Å². The summed E-state index contributed by atoms with van der Waals surface area (Å²) in [7, 11) is 0. The Hall–Kier alpha value is -2.76. The van der Waals surface area contributed by atoms with Crippen molar-refractivity contribution in [1.82, 2.24) is 10.6 Å². The number of carbonyl (C=O) groups is 2. The molecular formula is C17H20N2O4. The number of urea groups is 1. The Morgan fingerprint density at radius 1 is 1.48 bits per heavy atom. The van der Waals surface area contributed by atoms with Gasteiger partial charge in [-0.2, -0.15) is 0 Å². The van der Waals surface area contributed by atoms with Crippen LogP contribution in [0.15, 0.2) is 42.1 Å². The van der Waals surface area contributed by atoms with Crippen molar-refractivity contribution in [2.24, 2.45) is 0 Å². The Morgan fingerprint density at radius 2 is 2.22 bits per heavy atom. The molecule has 0 aromatic heterocycles. The van der Waals surface area contributed by atoms with E-state index in [1.54, 1.807) is 38.1 Å². The molecule has 2 rings (SSSR count). The fourth-order valence-electron chi connectivity index (χ4n) is 2.57. The predicted octanol–water partition coefficient (Wildman–Crippen LogP) is 2.31. The van der Waals surface area contributed by atoms with E-state index in [2.05, 4.69) is 17.2 Å². The molecule has 23 heavy (non-hydrogen) atoms. The van der Waals surface area contributed by atoms with Crippen molar-refractivity contribution in [2.75, 3.05) is 6.61 Å².